The quantitative estimate of drug-likeness (QED) is 0.112. The first kappa shape index (κ1) is 47.9. The molecule has 74 heavy (non-hydrogen) atoms. The van der Waals surface area contributed by atoms with Crippen molar-refractivity contribution >= 4 is 137 Å². The van der Waals surface area contributed by atoms with Gasteiger partial charge < -0.3 is 18.6 Å². The van der Waals surface area contributed by atoms with Crippen molar-refractivity contribution in [2.24, 2.45) is 0 Å². The molecule has 0 radical (unpaired) electrons. The second-order valence-electron chi connectivity index (χ2n) is 25.1. The number of furan rings is 2. The van der Waals surface area contributed by atoms with Gasteiger partial charge >= 0.3 is 0 Å². The van der Waals surface area contributed by atoms with E-state index in [-0.39, 0.29) is 10.8 Å². The first-order chi connectivity index (χ1) is 35.1. The van der Waals surface area contributed by atoms with Crippen molar-refractivity contribution in [3.05, 3.63) is 180 Å². The van der Waals surface area contributed by atoms with Crippen molar-refractivity contribution in [1.82, 2.24) is 0 Å². The maximum atomic E-state index is 7.24. The van der Waals surface area contributed by atoms with Crippen LogP contribution in [0.4, 0.5) is 34.1 Å². The zero-order valence-corrected chi connectivity index (χ0v) is 47.7. The van der Waals surface area contributed by atoms with E-state index in [1.165, 1.54) is 53.8 Å². The van der Waals surface area contributed by atoms with Gasteiger partial charge in [-0.1, -0.05) is 213 Å². The molecular weight excluding hydrogens is 933 g/mol. The van der Waals surface area contributed by atoms with Crippen molar-refractivity contribution in [1.29, 1.82) is 0 Å². The van der Waals surface area contributed by atoms with Crippen LogP contribution in [0.3, 0.4) is 0 Å². The van der Waals surface area contributed by atoms with Gasteiger partial charge in [0.25, 0.3) is 0 Å². The Labute approximate surface area is 438 Å². The summed E-state index contributed by atoms with van der Waals surface area (Å²) in [6.45, 7) is 32.6. The predicted octanol–water partition coefficient (Wildman–Crippen LogP) is 19.6. The van der Waals surface area contributed by atoms with Crippen LogP contribution in [0.15, 0.2) is 167 Å². The molecule has 12 aromatic rings. The third-order valence-corrected chi connectivity index (χ3v) is 20.0. The standard InChI is InChI=1S/C68H68N2O2Si2/c1-41-21-35-51-49-17-15-19-55(67(3,4)5)63(49)71-65(51)61(41)69(45-27-31-47(32-28-45)73(9,10)11)57-39-25-43-24-38-54-58(40-26-44-23-37-53(57)59(43)60(44)54)70(46-29-33-48(34-30-46)74(12,13)14)62-42(2)22-36-52-50-18-16-20-56(68(6,7)8)64(50)72-66(52)62/h15-40H,1-14H3. The molecule has 0 amide bonds. The number of para-hydroxylation sites is 2. The molecule has 0 aliphatic heterocycles. The maximum absolute atomic E-state index is 7.24. The van der Waals surface area contributed by atoms with Crippen LogP contribution in [0.1, 0.15) is 63.8 Å². The minimum atomic E-state index is -1.60. The number of hydrogen-bond donors (Lipinski definition) is 0. The summed E-state index contributed by atoms with van der Waals surface area (Å²) >= 11 is 0. The lowest BCUT2D eigenvalue weighted by Crippen LogP contribution is -2.37. The molecule has 4 nitrogen and oxygen atoms in total. The van der Waals surface area contributed by atoms with Crippen molar-refractivity contribution in [2.75, 3.05) is 9.80 Å². The molecule has 0 bridgehead atoms. The fraction of sp³-hybridized carbons (Fsp3) is 0.235. The van der Waals surface area contributed by atoms with E-state index in [1.54, 1.807) is 0 Å². The van der Waals surface area contributed by atoms with E-state index in [9.17, 15) is 0 Å². The van der Waals surface area contributed by atoms with Crippen LogP contribution in [0, 0.1) is 13.8 Å². The normalized spacial score (nSPS) is 13.0. The molecule has 10 aromatic carbocycles. The molecule has 2 heterocycles. The third-order valence-electron chi connectivity index (χ3n) is 15.8. The van der Waals surface area contributed by atoms with Gasteiger partial charge in [-0.3, -0.25) is 0 Å². The van der Waals surface area contributed by atoms with E-state index in [0.717, 1.165) is 89.1 Å². The highest BCUT2D eigenvalue weighted by Gasteiger charge is 2.30. The molecule has 2 aromatic heterocycles. The molecule has 12 rings (SSSR count). The Bertz CT molecular complexity index is 3920. The lowest BCUT2D eigenvalue weighted by molar-refractivity contribution is 0.572. The number of fused-ring (bicyclic) bond motifs is 6. The third kappa shape index (κ3) is 7.58. The number of aryl methyl sites for hydroxylation is 2. The summed E-state index contributed by atoms with van der Waals surface area (Å²) < 4.78 is 14.5. The summed E-state index contributed by atoms with van der Waals surface area (Å²) in [5, 5.41) is 14.7. The van der Waals surface area contributed by atoms with Crippen LogP contribution in [-0.2, 0) is 10.8 Å². The van der Waals surface area contributed by atoms with Gasteiger partial charge in [-0.15, -0.1) is 0 Å². The van der Waals surface area contributed by atoms with Crippen LogP contribution in [0.5, 0.6) is 0 Å². The second-order valence-corrected chi connectivity index (χ2v) is 35.3. The molecule has 0 spiro atoms. The van der Waals surface area contributed by atoms with Gasteiger partial charge in [0.15, 0.2) is 11.2 Å². The lowest BCUT2D eigenvalue weighted by Gasteiger charge is -2.31. The Kier molecular flexibility index (Phi) is 10.8. The van der Waals surface area contributed by atoms with E-state index in [2.05, 4.69) is 262 Å². The molecule has 0 N–H and O–H groups in total. The summed E-state index contributed by atoms with van der Waals surface area (Å²) in [4.78, 5) is 4.98. The predicted molar refractivity (Wildman–Crippen MR) is 327 cm³/mol. The topological polar surface area (TPSA) is 32.8 Å². The summed E-state index contributed by atoms with van der Waals surface area (Å²) in [7, 11) is -3.20. The Morgan fingerprint density at radius 3 is 1.04 bits per heavy atom. The van der Waals surface area contributed by atoms with Crippen molar-refractivity contribution in [3.8, 4) is 0 Å². The Balaban J connectivity index is 1.14. The van der Waals surface area contributed by atoms with Crippen LogP contribution in [0.2, 0.25) is 39.3 Å². The first-order valence-corrected chi connectivity index (χ1v) is 33.5. The minimum Gasteiger partial charge on any atom is -0.454 e. The van der Waals surface area contributed by atoms with Gasteiger partial charge in [-0.05, 0) is 93.7 Å². The number of anilines is 6. The Hall–Kier alpha value is -7.13. The second kappa shape index (κ2) is 16.7. The largest absolute Gasteiger partial charge is 0.454 e. The zero-order valence-electron chi connectivity index (χ0n) is 45.7. The first-order valence-electron chi connectivity index (χ1n) is 26.5. The Morgan fingerprint density at radius 2 is 0.689 bits per heavy atom. The van der Waals surface area contributed by atoms with E-state index >= 15 is 0 Å². The van der Waals surface area contributed by atoms with Gasteiger partial charge in [-0.25, -0.2) is 0 Å². The van der Waals surface area contributed by atoms with E-state index in [4.69, 9.17) is 8.83 Å². The van der Waals surface area contributed by atoms with Crippen LogP contribution >= 0.6 is 0 Å². The fourth-order valence-corrected chi connectivity index (χ4v) is 14.1. The molecule has 0 fully saturated rings. The highest BCUT2D eigenvalue weighted by atomic mass is 28.3. The van der Waals surface area contributed by atoms with Gasteiger partial charge in [0.05, 0.1) is 38.9 Å². The van der Waals surface area contributed by atoms with Gasteiger partial charge in [0.1, 0.15) is 11.2 Å². The van der Waals surface area contributed by atoms with Crippen molar-refractivity contribution < 1.29 is 8.83 Å². The number of benzene rings is 10. The average Bonchev–Trinajstić information content (AvgIpc) is 3.93. The lowest BCUT2D eigenvalue weighted by atomic mass is 9.86. The van der Waals surface area contributed by atoms with E-state index in [0.29, 0.717) is 0 Å². The monoisotopic (exact) mass is 1000 g/mol. The summed E-state index contributed by atoms with van der Waals surface area (Å²) in [5.74, 6) is 0. The molecule has 0 saturated carbocycles. The van der Waals surface area contributed by atoms with Crippen LogP contribution < -0.4 is 20.2 Å². The molecule has 0 aliphatic rings. The van der Waals surface area contributed by atoms with Gasteiger partial charge in [-0.2, -0.15) is 0 Å². The molecule has 0 atom stereocenters. The zero-order chi connectivity index (χ0) is 52.0. The van der Waals surface area contributed by atoms with Crippen molar-refractivity contribution in [2.45, 2.75) is 106 Å². The SMILES string of the molecule is Cc1ccc2c(oc3c(C(C)(C)C)cccc32)c1N(c1ccc([Si](C)(C)C)cc1)c1ccc2ccc3c(N(c4ccc([Si](C)(C)C)cc4)c4c(C)ccc5c4oc4c(C(C)(C)C)cccc45)ccc4ccc1c2c43. The summed E-state index contributed by atoms with van der Waals surface area (Å²) in [6.07, 6.45) is 0. The molecule has 0 aliphatic carbocycles. The molecule has 6 heteroatoms. The highest BCUT2D eigenvalue weighted by Crippen LogP contribution is 2.52. The number of hydrogen-bond acceptors (Lipinski definition) is 4. The van der Waals surface area contributed by atoms with Crippen LogP contribution in [0.25, 0.3) is 76.2 Å². The minimum absolute atomic E-state index is 0.0973. The van der Waals surface area contributed by atoms with Crippen molar-refractivity contribution in [3.63, 3.8) is 0 Å². The molecular formula is C68H68N2O2Si2. The van der Waals surface area contributed by atoms with Gasteiger partial charge in [0.2, 0.25) is 0 Å². The van der Waals surface area contributed by atoms with E-state index in [1.807, 2.05) is 0 Å². The highest BCUT2D eigenvalue weighted by molar-refractivity contribution is 6.89. The fourth-order valence-electron chi connectivity index (χ4n) is 11.8. The molecule has 370 valence electrons. The van der Waals surface area contributed by atoms with Gasteiger partial charge in [0, 0.05) is 54.8 Å². The molecule has 0 saturated heterocycles. The molecule has 0 unspecified atom stereocenters. The summed E-state index contributed by atoms with van der Waals surface area (Å²) in [5.41, 5.74) is 14.8. The smallest absolute Gasteiger partial charge is 0.159 e. The Morgan fingerprint density at radius 1 is 0.351 bits per heavy atom. The summed E-state index contributed by atoms with van der Waals surface area (Å²) in [6, 6.07) is 59.8. The maximum Gasteiger partial charge on any atom is 0.159 e. The number of nitrogens with zero attached hydrogens (tertiary/aromatic N) is 2. The van der Waals surface area contributed by atoms with E-state index < -0.39 is 16.1 Å². The average molecular weight is 1000 g/mol. The van der Waals surface area contributed by atoms with Crippen LogP contribution in [-0.4, -0.2) is 16.1 Å². The number of rotatable bonds is 8.